The Kier molecular flexibility index (Phi) is 8.73. The van der Waals surface area contributed by atoms with E-state index in [1.165, 1.54) is 5.56 Å². The SMILES string of the molecule is CCNC(=NCc1cccc(OCc2ccccn2)c1)NCCc1ccc(OC)cc1. The van der Waals surface area contributed by atoms with Crippen LogP contribution in [0, 0.1) is 0 Å². The molecule has 0 saturated carbocycles. The molecule has 0 aliphatic heterocycles. The van der Waals surface area contributed by atoms with Gasteiger partial charge in [0.25, 0.3) is 0 Å². The molecule has 31 heavy (non-hydrogen) atoms. The number of aromatic nitrogens is 1. The summed E-state index contributed by atoms with van der Waals surface area (Å²) >= 11 is 0. The molecule has 162 valence electrons. The molecular formula is C25H30N4O2. The van der Waals surface area contributed by atoms with Gasteiger partial charge in [0, 0.05) is 19.3 Å². The van der Waals surface area contributed by atoms with Crippen LogP contribution >= 0.6 is 0 Å². The van der Waals surface area contributed by atoms with E-state index in [2.05, 4.69) is 40.7 Å². The number of nitrogens with zero attached hydrogens (tertiary/aromatic N) is 2. The van der Waals surface area contributed by atoms with Gasteiger partial charge in [0.1, 0.15) is 18.1 Å². The van der Waals surface area contributed by atoms with Gasteiger partial charge in [-0.15, -0.1) is 0 Å². The maximum absolute atomic E-state index is 5.87. The fraction of sp³-hybridized carbons (Fsp3) is 0.280. The van der Waals surface area contributed by atoms with Gasteiger partial charge in [-0.3, -0.25) is 4.98 Å². The highest BCUT2D eigenvalue weighted by Crippen LogP contribution is 2.15. The zero-order valence-corrected chi connectivity index (χ0v) is 18.2. The zero-order chi connectivity index (χ0) is 21.7. The Bertz CT molecular complexity index is 943. The average molecular weight is 419 g/mol. The summed E-state index contributed by atoms with van der Waals surface area (Å²) in [5.41, 5.74) is 3.24. The Balaban J connectivity index is 1.51. The first-order valence-corrected chi connectivity index (χ1v) is 10.5. The molecule has 0 fully saturated rings. The Hall–Kier alpha value is -3.54. The minimum atomic E-state index is 0.448. The highest BCUT2D eigenvalue weighted by Gasteiger charge is 2.02. The number of rotatable bonds is 10. The van der Waals surface area contributed by atoms with Gasteiger partial charge in [0.15, 0.2) is 5.96 Å². The van der Waals surface area contributed by atoms with E-state index < -0.39 is 0 Å². The maximum Gasteiger partial charge on any atom is 0.191 e. The Labute approximate surface area is 184 Å². The average Bonchev–Trinajstić information content (AvgIpc) is 2.82. The van der Waals surface area contributed by atoms with Crippen molar-refractivity contribution in [3.05, 3.63) is 89.7 Å². The molecule has 1 heterocycles. The lowest BCUT2D eigenvalue weighted by Crippen LogP contribution is -2.38. The highest BCUT2D eigenvalue weighted by atomic mass is 16.5. The van der Waals surface area contributed by atoms with E-state index in [1.54, 1.807) is 13.3 Å². The van der Waals surface area contributed by atoms with Crippen LogP contribution in [0.25, 0.3) is 0 Å². The van der Waals surface area contributed by atoms with Crippen LogP contribution in [-0.2, 0) is 19.6 Å². The maximum atomic E-state index is 5.87. The van der Waals surface area contributed by atoms with E-state index in [0.717, 1.165) is 48.2 Å². The summed E-state index contributed by atoms with van der Waals surface area (Å²) in [6.07, 6.45) is 2.68. The van der Waals surface area contributed by atoms with Crippen LogP contribution < -0.4 is 20.1 Å². The number of nitrogens with one attached hydrogen (secondary N) is 2. The molecule has 0 spiro atoms. The van der Waals surface area contributed by atoms with Crippen molar-refractivity contribution >= 4 is 5.96 Å². The molecule has 1 aromatic heterocycles. The molecule has 0 bridgehead atoms. The van der Waals surface area contributed by atoms with Crippen molar-refractivity contribution in [1.82, 2.24) is 15.6 Å². The number of guanidine groups is 1. The standard InChI is InChI=1S/C25H30N4O2/c1-3-26-25(28-16-14-20-10-12-23(30-2)13-11-20)29-18-21-7-6-9-24(17-21)31-19-22-8-4-5-15-27-22/h4-13,15,17H,3,14,16,18-19H2,1-2H3,(H2,26,28,29). The van der Waals surface area contributed by atoms with Crippen LogP contribution in [0.5, 0.6) is 11.5 Å². The zero-order valence-electron chi connectivity index (χ0n) is 18.2. The van der Waals surface area contributed by atoms with E-state index in [4.69, 9.17) is 14.5 Å². The molecule has 0 amide bonds. The van der Waals surface area contributed by atoms with Crippen LogP contribution in [0.2, 0.25) is 0 Å². The van der Waals surface area contributed by atoms with Gasteiger partial charge < -0.3 is 20.1 Å². The normalized spacial score (nSPS) is 11.1. The first-order valence-electron chi connectivity index (χ1n) is 10.5. The Morgan fingerprint density at radius 2 is 1.81 bits per heavy atom. The molecule has 2 aromatic carbocycles. The lowest BCUT2D eigenvalue weighted by Gasteiger charge is -2.12. The van der Waals surface area contributed by atoms with Gasteiger partial charge in [-0.05, 0) is 60.9 Å². The van der Waals surface area contributed by atoms with E-state index in [1.807, 2.05) is 48.5 Å². The van der Waals surface area contributed by atoms with E-state index >= 15 is 0 Å². The minimum Gasteiger partial charge on any atom is -0.497 e. The Morgan fingerprint density at radius 1 is 0.935 bits per heavy atom. The van der Waals surface area contributed by atoms with Crippen molar-refractivity contribution < 1.29 is 9.47 Å². The number of methoxy groups -OCH3 is 1. The van der Waals surface area contributed by atoms with Crippen LogP contribution in [0.15, 0.2) is 77.9 Å². The molecule has 3 aromatic rings. The molecule has 0 saturated heterocycles. The van der Waals surface area contributed by atoms with E-state index in [0.29, 0.717) is 13.2 Å². The third kappa shape index (κ3) is 7.66. The third-order valence-corrected chi connectivity index (χ3v) is 4.64. The van der Waals surface area contributed by atoms with Crippen molar-refractivity contribution in [3.8, 4) is 11.5 Å². The van der Waals surface area contributed by atoms with Crippen molar-refractivity contribution in [2.24, 2.45) is 4.99 Å². The van der Waals surface area contributed by atoms with Gasteiger partial charge in [0.05, 0.1) is 19.3 Å². The van der Waals surface area contributed by atoms with Crippen molar-refractivity contribution in [2.75, 3.05) is 20.2 Å². The molecule has 6 nitrogen and oxygen atoms in total. The van der Waals surface area contributed by atoms with Gasteiger partial charge >= 0.3 is 0 Å². The monoisotopic (exact) mass is 418 g/mol. The minimum absolute atomic E-state index is 0.448. The number of benzene rings is 2. The number of pyridine rings is 1. The summed E-state index contributed by atoms with van der Waals surface area (Å²) < 4.78 is 11.1. The summed E-state index contributed by atoms with van der Waals surface area (Å²) in [4.78, 5) is 8.99. The summed E-state index contributed by atoms with van der Waals surface area (Å²) in [6, 6.07) is 22.0. The lowest BCUT2D eigenvalue weighted by atomic mass is 10.1. The largest absolute Gasteiger partial charge is 0.497 e. The molecule has 0 unspecified atom stereocenters. The summed E-state index contributed by atoms with van der Waals surface area (Å²) in [7, 11) is 1.68. The fourth-order valence-corrected chi connectivity index (χ4v) is 3.00. The van der Waals surface area contributed by atoms with Gasteiger partial charge in [-0.1, -0.05) is 30.3 Å². The fourth-order valence-electron chi connectivity index (χ4n) is 3.00. The van der Waals surface area contributed by atoms with Gasteiger partial charge in [-0.25, -0.2) is 4.99 Å². The topological polar surface area (TPSA) is 67.8 Å². The van der Waals surface area contributed by atoms with Crippen LogP contribution in [0.3, 0.4) is 0 Å². The van der Waals surface area contributed by atoms with Crippen LogP contribution in [-0.4, -0.2) is 31.1 Å². The summed E-state index contributed by atoms with van der Waals surface area (Å²) in [5, 5.41) is 6.70. The summed E-state index contributed by atoms with van der Waals surface area (Å²) in [6.45, 7) is 4.68. The predicted octanol–water partition coefficient (Wildman–Crippen LogP) is 3.97. The molecular weight excluding hydrogens is 388 g/mol. The predicted molar refractivity (Wildman–Crippen MR) is 125 cm³/mol. The molecule has 6 heteroatoms. The molecule has 0 radical (unpaired) electrons. The van der Waals surface area contributed by atoms with Crippen LogP contribution in [0.4, 0.5) is 0 Å². The van der Waals surface area contributed by atoms with Crippen LogP contribution in [0.1, 0.15) is 23.7 Å². The Morgan fingerprint density at radius 3 is 2.55 bits per heavy atom. The second-order valence-corrected chi connectivity index (χ2v) is 6.98. The smallest absolute Gasteiger partial charge is 0.191 e. The van der Waals surface area contributed by atoms with E-state index in [-0.39, 0.29) is 0 Å². The highest BCUT2D eigenvalue weighted by molar-refractivity contribution is 5.79. The molecule has 3 rings (SSSR count). The van der Waals surface area contributed by atoms with Crippen molar-refractivity contribution in [1.29, 1.82) is 0 Å². The van der Waals surface area contributed by atoms with Crippen molar-refractivity contribution in [3.63, 3.8) is 0 Å². The first kappa shape index (κ1) is 22.2. The van der Waals surface area contributed by atoms with Gasteiger partial charge in [-0.2, -0.15) is 0 Å². The van der Waals surface area contributed by atoms with Gasteiger partial charge in [0.2, 0.25) is 0 Å². The second-order valence-electron chi connectivity index (χ2n) is 6.98. The van der Waals surface area contributed by atoms with Crippen molar-refractivity contribution in [2.45, 2.75) is 26.5 Å². The second kappa shape index (κ2) is 12.2. The number of aliphatic imine (C=N–C) groups is 1. The first-order chi connectivity index (χ1) is 15.3. The molecule has 0 aliphatic rings. The molecule has 2 N–H and O–H groups in total. The number of hydrogen-bond acceptors (Lipinski definition) is 4. The lowest BCUT2D eigenvalue weighted by molar-refractivity contribution is 0.301. The number of ether oxygens (including phenoxy) is 2. The number of hydrogen-bond donors (Lipinski definition) is 2. The third-order valence-electron chi connectivity index (χ3n) is 4.64. The molecule has 0 aliphatic carbocycles. The summed E-state index contributed by atoms with van der Waals surface area (Å²) in [5.74, 6) is 2.49. The quantitative estimate of drug-likeness (QED) is 0.385. The molecule has 0 atom stereocenters. The van der Waals surface area contributed by atoms with E-state index in [9.17, 15) is 0 Å².